The second-order valence-corrected chi connectivity index (χ2v) is 5.45. The van der Waals surface area contributed by atoms with Crippen LogP contribution in [0, 0.1) is 5.82 Å². The largest absolute Gasteiger partial charge is 0.484 e. The molecule has 0 bridgehead atoms. The lowest BCUT2D eigenvalue weighted by atomic mass is 10.2. The Morgan fingerprint density at radius 2 is 2.04 bits per heavy atom. The first-order valence-corrected chi connectivity index (χ1v) is 7.30. The van der Waals surface area contributed by atoms with Crippen molar-refractivity contribution in [2.75, 3.05) is 26.2 Å². The lowest BCUT2D eigenvalue weighted by molar-refractivity contribution is -0.133. The van der Waals surface area contributed by atoms with Crippen LogP contribution in [-0.2, 0) is 9.59 Å². The number of nitrogens with zero attached hydrogens (tertiary/aromatic N) is 2. The number of benzene rings is 1. The van der Waals surface area contributed by atoms with Gasteiger partial charge in [-0.25, -0.2) is 9.18 Å². The van der Waals surface area contributed by atoms with Gasteiger partial charge in [0, 0.05) is 13.1 Å². The van der Waals surface area contributed by atoms with E-state index in [9.17, 15) is 18.8 Å². The number of ether oxygens (including phenoxy) is 1. The van der Waals surface area contributed by atoms with Crippen LogP contribution in [0.1, 0.15) is 6.42 Å². The Labute approximate surface area is 132 Å². The Morgan fingerprint density at radius 1 is 1.30 bits per heavy atom. The summed E-state index contributed by atoms with van der Waals surface area (Å²) >= 11 is 0. The molecule has 4 amide bonds. The molecule has 1 unspecified atom stereocenters. The summed E-state index contributed by atoms with van der Waals surface area (Å²) in [4.78, 5) is 38.2. The minimum absolute atomic E-state index is 0.0109. The van der Waals surface area contributed by atoms with Crippen molar-refractivity contribution in [3.63, 3.8) is 0 Å². The van der Waals surface area contributed by atoms with Gasteiger partial charge in [-0.05, 0) is 30.7 Å². The molecule has 23 heavy (non-hydrogen) atoms. The fourth-order valence-electron chi connectivity index (χ4n) is 2.75. The fraction of sp³-hybridized carbons (Fsp3) is 0.400. The number of amides is 4. The number of urea groups is 1. The van der Waals surface area contributed by atoms with Gasteiger partial charge in [0.1, 0.15) is 11.6 Å². The lowest BCUT2D eigenvalue weighted by Crippen LogP contribution is -2.43. The van der Waals surface area contributed by atoms with Crippen LogP contribution in [-0.4, -0.2) is 59.9 Å². The number of carbonyl (C=O) groups excluding carboxylic acids is 3. The molecule has 0 radical (unpaired) electrons. The van der Waals surface area contributed by atoms with Gasteiger partial charge in [-0.15, -0.1) is 0 Å². The summed E-state index contributed by atoms with van der Waals surface area (Å²) < 4.78 is 18.1. The van der Waals surface area contributed by atoms with Gasteiger partial charge < -0.3 is 15.0 Å². The molecule has 1 aromatic carbocycles. The van der Waals surface area contributed by atoms with Crippen molar-refractivity contribution < 1.29 is 23.5 Å². The van der Waals surface area contributed by atoms with Crippen LogP contribution in [0.15, 0.2) is 24.3 Å². The van der Waals surface area contributed by atoms with Crippen LogP contribution in [0.25, 0.3) is 0 Å². The summed E-state index contributed by atoms with van der Waals surface area (Å²) in [5.41, 5.74) is 0. The maximum Gasteiger partial charge on any atom is 0.324 e. The van der Waals surface area contributed by atoms with E-state index in [1.165, 1.54) is 29.2 Å². The van der Waals surface area contributed by atoms with Crippen molar-refractivity contribution in [1.82, 2.24) is 15.1 Å². The maximum atomic E-state index is 12.8. The van der Waals surface area contributed by atoms with Crippen LogP contribution in [0.4, 0.5) is 9.18 Å². The van der Waals surface area contributed by atoms with Crippen LogP contribution >= 0.6 is 0 Å². The van der Waals surface area contributed by atoms with Crippen LogP contribution in [0.2, 0.25) is 0 Å². The average Bonchev–Trinajstić information content (AvgIpc) is 3.13. The number of hydrogen-bond donors (Lipinski definition) is 1. The predicted octanol–water partition coefficient (Wildman–Crippen LogP) is 0.357. The van der Waals surface area contributed by atoms with Gasteiger partial charge in [0.2, 0.25) is 5.91 Å². The van der Waals surface area contributed by atoms with Crippen molar-refractivity contribution in [3.05, 3.63) is 30.1 Å². The highest BCUT2D eigenvalue weighted by Crippen LogP contribution is 2.19. The van der Waals surface area contributed by atoms with Gasteiger partial charge in [0.15, 0.2) is 6.61 Å². The standard InChI is InChI=1S/C15H16FN3O4/c16-10-1-3-12(4-2-10)23-9-14(21)18-6-5-11(8-18)19-13(20)7-17-15(19)22/h1-4,11H,5-9H2,(H,17,22). The fourth-order valence-corrected chi connectivity index (χ4v) is 2.75. The summed E-state index contributed by atoms with van der Waals surface area (Å²) in [6.07, 6.45) is 0.557. The SMILES string of the molecule is O=C(COc1ccc(F)cc1)N1CCC(N2C(=O)CNC2=O)C1. The first kappa shape index (κ1) is 15.3. The van der Waals surface area contributed by atoms with E-state index >= 15 is 0 Å². The maximum absolute atomic E-state index is 12.8. The van der Waals surface area contributed by atoms with Gasteiger partial charge in [0.25, 0.3) is 5.91 Å². The Kier molecular flexibility index (Phi) is 4.14. The number of imide groups is 1. The summed E-state index contributed by atoms with van der Waals surface area (Å²) in [6, 6.07) is 4.70. The molecule has 1 N–H and O–H groups in total. The lowest BCUT2D eigenvalue weighted by Gasteiger charge is -2.21. The molecule has 2 saturated heterocycles. The van der Waals surface area contributed by atoms with Crippen LogP contribution < -0.4 is 10.1 Å². The van der Waals surface area contributed by atoms with Crippen molar-refractivity contribution in [2.24, 2.45) is 0 Å². The third-order valence-electron chi connectivity index (χ3n) is 3.94. The highest BCUT2D eigenvalue weighted by atomic mass is 19.1. The predicted molar refractivity (Wildman–Crippen MR) is 77.1 cm³/mol. The normalized spacial score (nSPS) is 20.8. The Morgan fingerprint density at radius 3 is 2.70 bits per heavy atom. The zero-order valence-corrected chi connectivity index (χ0v) is 12.3. The number of rotatable bonds is 4. The molecule has 2 heterocycles. The molecule has 1 aromatic rings. The highest BCUT2D eigenvalue weighted by molar-refractivity contribution is 6.02. The van der Waals surface area contributed by atoms with Gasteiger partial charge in [-0.2, -0.15) is 0 Å². The van der Waals surface area contributed by atoms with Gasteiger partial charge in [-0.1, -0.05) is 0 Å². The molecule has 0 spiro atoms. The zero-order chi connectivity index (χ0) is 16.4. The quantitative estimate of drug-likeness (QED) is 0.812. The van der Waals surface area contributed by atoms with Gasteiger partial charge in [-0.3, -0.25) is 14.5 Å². The number of likely N-dealkylation sites (tertiary alicyclic amines) is 1. The average molecular weight is 321 g/mol. The van der Waals surface area contributed by atoms with Crippen molar-refractivity contribution in [2.45, 2.75) is 12.5 Å². The van der Waals surface area contributed by atoms with Crippen molar-refractivity contribution in [3.8, 4) is 5.75 Å². The van der Waals surface area contributed by atoms with Gasteiger partial charge >= 0.3 is 6.03 Å². The minimum atomic E-state index is -0.406. The molecule has 122 valence electrons. The van der Waals surface area contributed by atoms with E-state index in [2.05, 4.69) is 5.32 Å². The van der Waals surface area contributed by atoms with Gasteiger partial charge in [0.05, 0.1) is 12.6 Å². The first-order chi connectivity index (χ1) is 11.0. The minimum Gasteiger partial charge on any atom is -0.484 e. The molecule has 2 aliphatic heterocycles. The van der Waals surface area contributed by atoms with E-state index in [-0.39, 0.29) is 36.8 Å². The molecule has 8 heteroatoms. The zero-order valence-electron chi connectivity index (χ0n) is 12.3. The Balaban J connectivity index is 1.52. The first-order valence-electron chi connectivity index (χ1n) is 7.30. The summed E-state index contributed by atoms with van der Waals surface area (Å²) in [5, 5.41) is 2.47. The molecule has 0 aromatic heterocycles. The topological polar surface area (TPSA) is 79.0 Å². The molecule has 7 nitrogen and oxygen atoms in total. The van der Waals surface area contributed by atoms with E-state index in [4.69, 9.17) is 4.74 Å². The van der Waals surface area contributed by atoms with E-state index < -0.39 is 6.03 Å². The molecule has 3 rings (SSSR count). The molecule has 2 aliphatic rings. The van der Waals surface area contributed by atoms with E-state index in [0.29, 0.717) is 25.3 Å². The summed E-state index contributed by atoms with van der Waals surface area (Å²) in [5.74, 6) is -0.468. The monoisotopic (exact) mass is 321 g/mol. The van der Waals surface area contributed by atoms with Crippen LogP contribution in [0.5, 0.6) is 5.75 Å². The molecular formula is C15H16FN3O4. The highest BCUT2D eigenvalue weighted by Gasteiger charge is 2.39. The van der Waals surface area contributed by atoms with E-state index in [1.807, 2.05) is 0 Å². The second kappa shape index (κ2) is 6.23. The summed E-state index contributed by atoms with van der Waals surface area (Å²) in [6.45, 7) is 0.619. The number of hydrogen-bond acceptors (Lipinski definition) is 4. The molecule has 1 atom stereocenters. The molecule has 0 saturated carbocycles. The second-order valence-electron chi connectivity index (χ2n) is 5.45. The number of carbonyl (C=O) groups is 3. The smallest absolute Gasteiger partial charge is 0.324 e. The van der Waals surface area contributed by atoms with Crippen molar-refractivity contribution in [1.29, 1.82) is 0 Å². The summed E-state index contributed by atoms with van der Waals surface area (Å²) in [7, 11) is 0. The van der Waals surface area contributed by atoms with Crippen LogP contribution in [0.3, 0.4) is 0 Å². The number of nitrogens with one attached hydrogen (secondary N) is 1. The molecule has 0 aliphatic carbocycles. The van der Waals surface area contributed by atoms with Crippen molar-refractivity contribution >= 4 is 17.8 Å². The van der Waals surface area contributed by atoms with E-state index in [0.717, 1.165) is 0 Å². The molecular weight excluding hydrogens is 305 g/mol. The Bertz CT molecular complexity index is 618. The molecule has 2 fully saturated rings. The Hall–Kier alpha value is -2.64. The number of halogens is 1. The van der Waals surface area contributed by atoms with E-state index in [1.54, 1.807) is 4.90 Å². The third kappa shape index (κ3) is 3.25. The third-order valence-corrected chi connectivity index (χ3v) is 3.94.